The number of hydrogen-bond acceptors (Lipinski definition) is 3. The number of ether oxygens (including phenoxy) is 1. The predicted molar refractivity (Wildman–Crippen MR) is 44.8 cm³/mol. The van der Waals surface area contributed by atoms with Crippen LogP contribution in [0.25, 0.3) is 0 Å². The maximum absolute atomic E-state index is 11.8. The first-order valence-electron chi connectivity index (χ1n) is 3.69. The fraction of sp³-hybridized carbons (Fsp3) is 0.375. The lowest BCUT2D eigenvalue weighted by Gasteiger charge is -2.08. The van der Waals surface area contributed by atoms with E-state index in [1.807, 2.05) is 0 Å². The molecule has 3 nitrogen and oxygen atoms in total. The van der Waals surface area contributed by atoms with Crippen molar-refractivity contribution in [3.63, 3.8) is 0 Å². The molecule has 0 spiro atoms. The largest absolute Gasteiger partial charge is 0.417 e. The second kappa shape index (κ2) is 3.55. The molecular formula is C8H10F2N2O. The monoisotopic (exact) mass is 188 g/mol. The standard InChI is InChI=1S/C8H10F2N2O/c1-4-3-6(11)5(2)12-7(4)13-8(9)10/h3,8H,11H2,1-2H3. The number of aromatic nitrogens is 1. The van der Waals surface area contributed by atoms with Crippen LogP contribution in [0.4, 0.5) is 14.5 Å². The minimum Gasteiger partial charge on any atom is -0.417 e. The maximum atomic E-state index is 11.8. The summed E-state index contributed by atoms with van der Waals surface area (Å²) >= 11 is 0. The van der Waals surface area contributed by atoms with Gasteiger partial charge in [0.2, 0.25) is 5.88 Å². The summed E-state index contributed by atoms with van der Waals surface area (Å²) in [5, 5.41) is 0. The highest BCUT2D eigenvalue weighted by molar-refractivity contribution is 5.47. The van der Waals surface area contributed by atoms with Crippen LogP contribution in [0.1, 0.15) is 11.3 Å². The highest BCUT2D eigenvalue weighted by Gasteiger charge is 2.10. The Balaban J connectivity index is 3.01. The van der Waals surface area contributed by atoms with Crippen LogP contribution in [0.15, 0.2) is 6.07 Å². The summed E-state index contributed by atoms with van der Waals surface area (Å²) in [6.07, 6.45) is 0. The molecule has 0 aliphatic rings. The van der Waals surface area contributed by atoms with E-state index in [-0.39, 0.29) is 5.88 Å². The van der Waals surface area contributed by atoms with Gasteiger partial charge in [-0.3, -0.25) is 0 Å². The lowest BCUT2D eigenvalue weighted by molar-refractivity contribution is -0.0533. The topological polar surface area (TPSA) is 48.1 Å². The van der Waals surface area contributed by atoms with Gasteiger partial charge in [0.25, 0.3) is 0 Å². The summed E-state index contributed by atoms with van der Waals surface area (Å²) < 4.78 is 27.9. The van der Waals surface area contributed by atoms with Crippen molar-refractivity contribution >= 4 is 5.69 Å². The Morgan fingerprint density at radius 1 is 1.46 bits per heavy atom. The molecule has 0 fully saturated rings. The van der Waals surface area contributed by atoms with Gasteiger partial charge >= 0.3 is 6.61 Å². The van der Waals surface area contributed by atoms with E-state index in [0.717, 1.165) is 0 Å². The molecule has 0 aliphatic heterocycles. The van der Waals surface area contributed by atoms with Gasteiger partial charge in [-0.05, 0) is 19.9 Å². The van der Waals surface area contributed by atoms with E-state index < -0.39 is 6.61 Å². The molecule has 0 radical (unpaired) electrons. The Kier molecular flexibility index (Phi) is 2.65. The van der Waals surface area contributed by atoms with Crippen molar-refractivity contribution in [3.05, 3.63) is 17.3 Å². The van der Waals surface area contributed by atoms with Gasteiger partial charge in [-0.15, -0.1) is 0 Å². The van der Waals surface area contributed by atoms with E-state index in [1.54, 1.807) is 19.9 Å². The van der Waals surface area contributed by atoms with Gasteiger partial charge in [-0.2, -0.15) is 8.78 Å². The summed E-state index contributed by atoms with van der Waals surface area (Å²) in [5.74, 6) is -0.0679. The summed E-state index contributed by atoms with van der Waals surface area (Å²) in [7, 11) is 0. The van der Waals surface area contributed by atoms with Crippen LogP contribution in [0, 0.1) is 13.8 Å². The Bertz CT molecular complexity index is 315. The third-order valence-corrected chi connectivity index (χ3v) is 1.60. The number of aryl methyl sites for hydroxylation is 2. The molecule has 0 atom stereocenters. The van der Waals surface area contributed by atoms with Gasteiger partial charge in [0, 0.05) is 5.56 Å². The highest BCUT2D eigenvalue weighted by Crippen LogP contribution is 2.21. The first-order valence-corrected chi connectivity index (χ1v) is 3.69. The predicted octanol–water partition coefficient (Wildman–Crippen LogP) is 1.88. The number of anilines is 1. The van der Waals surface area contributed by atoms with Crippen LogP contribution >= 0.6 is 0 Å². The Hall–Kier alpha value is -1.39. The van der Waals surface area contributed by atoms with Crippen molar-refractivity contribution in [2.24, 2.45) is 0 Å². The summed E-state index contributed by atoms with van der Waals surface area (Å²) in [5.41, 5.74) is 6.98. The van der Waals surface area contributed by atoms with Crippen LogP contribution in [-0.4, -0.2) is 11.6 Å². The number of alkyl halides is 2. The Morgan fingerprint density at radius 2 is 2.08 bits per heavy atom. The zero-order valence-corrected chi connectivity index (χ0v) is 7.34. The molecule has 0 aromatic carbocycles. The number of pyridine rings is 1. The van der Waals surface area contributed by atoms with E-state index in [0.29, 0.717) is 16.9 Å². The molecule has 1 aromatic rings. The number of hydrogen-bond donors (Lipinski definition) is 1. The second-order valence-electron chi connectivity index (χ2n) is 2.66. The molecule has 1 rings (SSSR count). The van der Waals surface area contributed by atoms with Crippen LogP contribution in [0.3, 0.4) is 0 Å². The minimum absolute atomic E-state index is 0.0679. The average Bonchev–Trinajstić information content (AvgIpc) is 1.99. The molecule has 0 bridgehead atoms. The van der Waals surface area contributed by atoms with Crippen molar-refractivity contribution in [3.8, 4) is 5.88 Å². The summed E-state index contributed by atoms with van der Waals surface area (Å²) in [6, 6.07) is 1.56. The van der Waals surface area contributed by atoms with E-state index in [2.05, 4.69) is 9.72 Å². The molecule has 0 unspecified atom stereocenters. The fourth-order valence-electron chi connectivity index (χ4n) is 0.908. The van der Waals surface area contributed by atoms with E-state index in [9.17, 15) is 8.78 Å². The van der Waals surface area contributed by atoms with Gasteiger partial charge in [-0.1, -0.05) is 0 Å². The SMILES string of the molecule is Cc1cc(N)c(C)nc1OC(F)F. The molecule has 2 N–H and O–H groups in total. The van der Waals surface area contributed by atoms with Crippen LogP contribution in [0.2, 0.25) is 0 Å². The number of halogens is 2. The molecule has 0 saturated carbocycles. The molecule has 13 heavy (non-hydrogen) atoms. The number of nitrogen functional groups attached to an aromatic ring is 1. The van der Waals surface area contributed by atoms with Crippen molar-refractivity contribution in [1.29, 1.82) is 0 Å². The minimum atomic E-state index is -2.85. The van der Waals surface area contributed by atoms with Crippen molar-refractivity contribution in [1.82, 2.24) is 4.98 Å². The summed E-state index contributed by atoms with van der Waals surface area (Å²) in [4.78, 5) is 3.79. The van der Waals surface area contributed by atoms with Gasteiger partial charge in [0.1, 0.15) is 0 Å². The van der Waals surface area contributed by atoms with Crippen LogP contribution in [0.5, 0.6) is 5.88 Å². The van der Waals surface area contributed by atoms with Gasteiger partial charge in [0.05, 0.1) is 11.4 Å². The number of nitrogens with zero attached hydrogens (tertiary/aromatic N) is 1. The Morgan fingerprint density at radius 3 is 2.62 bits per heavy atom. The zero-order chi connectivity index (χ0) is 10.0. The first kappa shape index (κ1) is 9.70. The third kappa shape index (κ3) is 2.27. The fourth-order valence-corrected chi connectivity index (χ4v) is 0.908. The van der Waals surface area contributed by atoms with Crippen molar-refractivity contribution in [2.45, 2.75) is 20.5 Å². The normalized spacial score (nSPS) is 10.5. The van der Waals surface area contributed by atoms with Gasteiger partial charge < -0.3 is 10.5 Å². The van der Waals surface area contributed by atoms with Crippen LogP contribution in [-0.2, 0) is 0 Å². The molecule has 1 heterocycles. The lowest BCUT2D eigenvalue weighted by atomic mass is 10.2. The Labute approximate surface area is 74.5 Å². The first-order chi connectivity index (χ1) is 6.00. The smallest absolute Gasteiger partial charge is 0.388 e. The number of nitrogens with two attached hydrogens (primary N) is 1. The lowest BCUT2D eigenvalue weighted by Crippen LogP contribution is -2.06. The molecule has 72 valence electrons. The highest BCUT2D eigenvalue weighted by atomic mass is 19.3. The molecule has 0 amide bonds. The van der Waals surface area contributed by atoms with Gasteiger partial charge in [-0.25, -0.2) is 4.98 Å². The van der Waals surface area contributed by atoms with E-state index >= 15 is 0 Å². The quantitative estimate of drug-likeness (QED) is 0.770. The molecule has 0 aliphatic carbocycles. The average molecular weight is 188 g/mol. The van der Waals surface area contributed by atoms with Gasteiger partial charge in [0.15, 0.2) is 0 Å². The van der Waals surface area contributed by atoms with E-state index in [4.69, 9.17) is 5.73 Å². The van der Waals surface area contributed by atoms with Crippen LogP contribution < -0.4 is 10.5 Å². The zero-order valence-electron chi connectivity index (χ0n) is 7.34. The van der Waals surface area contributed by atoms with Crippen molar-refractivity contribution < 1.29 is 13.5 Å². The second-order valence-corrected chi connectivity index (χ2v) is 2.66. The molecular weight excluding hydrogens is 178 g/mol. The van der Waals surface area contributed by atoms with Crippen molar-refractivity contribution in [2.75, 3.05) is 5.73 Å². The third-order valence-electron chi connectivity index (χ3n) is 1.60. The van der Waals surface area contributed by atoms with E-state index in [1.165, 1.54) is 0 Å². The molecule has 1 aromatic heterocycles. The summed E-state index contributed by atoms with van der Waals surface area (Å²) in [6.45, 7) is 0.391. The number of rotatable bonds is 2. The molecule has 0 saturated heterocycles. The molecule has 5 heteroatoms. The maximum Gasteiger partial charge on any atom is 0.388 e.